The summed E-state index contributed by atoms with van der Waals surface area (Å²) in [5.41, 5.74) is 0.159. The molecule has 1 heterocycles. The Hall–Kier alpha value is -1.99. The van der Waals surface area contributed by atoms with Gasteiger partial charge in [0.25, 0.3) is 0 Å². The SMILES string of the molecule is COC(=O)c1cccc(C(O)C(O)CNC(C)=O)n1. The Bertz CT molecular complexity index is 463. The third-order valence-corrected chi connectivity index (χ3v) is 2.39. The van der Waals surface area contributed by atoms with Gasteiger partial charge in [-0.2, -0.15) is 0 Å². The van der Waals surface area contributed by atoms with Crippen LogP contribution in [0.2, 0.25) is 0 Å². The quantitative estimate of drug-likeness (QED) is 0.615. The van der Waals surface area contributed by atoms with Crippen molar-refractivity contribution in [2.75, 3.05) is 13.7 Å². The Morgan fingerprint density at radius 2 is 2.11 bits per heavy atom. The normalized spacial score (nSPS) is 13.5. The molecule has 104 valence electrons. The lowest BCUT2D eigenvalue weighted by Crippen LogP contribution is -2.34. The maximum Gasteiger partial charge on any atom is 0.356 e. The molecule has 0 saturated carbocycles. The van der Waals surface area contributed by atoms with E-state index in [1.165, 1.54) is 32.2 Å². The van der Waals surface area contributed by atoms with E-state index in [2.05, 4.69) is 15.0 Å². The van der Waals surface area contributed by atoms with Crippen molar-refractivity contribution in [3.63, 3.8) is 0 Å². The van der Waals surface area contributed by atoms with Crippen molar-refractivity contribution in [1.29, 1.82) is 0 Å². The van der Waals surface area contributed by atoms with E-state index in [-0.39, 0.29) is 23.8 Å². The second-order valence-electron chi connectivity index (χ2n) is 3.89. The van der Waals surface area contributed by atoms with Crippen LogP contribution >= 0.6 is 0 Å². The van der Waals surface area contributed by atoms with Gasteiger partial charge in [-0.05, 0) is 12.1 Å². The van der Waals surface area contributed by atoms with Gasteiger partial charge >= 0.3 is 5.97 Å². The summed E-state index contributed by atoms with van der Waals surface area (Å²) in [6, 6.07) is 4.42. The highest BCUT2D eigenvalue weighted by Crippen LogP contribution is 2.15. The molecule has 0 aliphatic heterocycles. The summed E-state index contributed by atoms with van der Waals surface area (Å²) >= 11 is 0. The largest absolute Gasteiger partial charge is 0.464 e. The molecule has 1 amide bonds. The number of aromatic nitrogens is 1. The number of carbonyl (C=O) groups is 2. The second kappa shape index (κ2) is 6.81. The number of nitrogens with zero attached hydrogens (tertiary/aromatic N) is 1. The summed E-state index contributed by atoms with van der Waals surface area (Å²) < 4.78 is 4.51. The zero-order chi connectivity index (χ0) is 14.4. The number of rotatable bonds is 5. The molecule has 19 heavy (non-hydrogen) atoms. The molecule has 0 bridgehead atoms. The second-order valence-corrected chi connectivity index (χ2v) is 3.89. The summed E-state index contributed by atoms with van der Waals surface area (Å²) in [6.45, 7) is 1.19. The molecule has 0 aromatic carbocycles. The lowest BCUT2D eigenvalue weighted by molar-refractivity contribution is -0.119. The number of pyridine rings is 1. The zero-order valence-electron chi connectivity index (χ0n) is 10.7. The first-order chi connectivity index (χ1) is 8.95. The average molecular weight is 268 g/mol. The number of nitrogens with one attached hydrogen (secondary N) is 1. The molecule has 7 heteroatoms. The molecular weight excluding hydrogens is 252 g/mol. The molecule has 3 N–H and O–H groups in total. The molecule has 0 radical (unpaired) electrons. The van der Waals surface area contributed by atoms with Crippen molar-refractivity contribution in [2.45, 2.75) is 19.1 Å². The first-order valence-electron chi connectivity index (χ1n) is 5.61. The van der Waals surface area contributed by atoms with E-state index in [1.54, 1.807) is 0 Å². The number of amides is 1. The van der Waals surface area contributed by atoms with Crippen LogP contribution in [-0.2, 0) is 9.53 Å². The van der Waals surface area contributed by atoms with Crippen LogP contribution < -0.4 is 5.32 Å². The van der Waals surface area contributed by atoms with Crippen molar-refractivity contribution in [2.24, 2.45) is 0 Å². The fourth-order valence-electron chi connectivity index (χ4n) is 1.39. The molecule has 0 spiro atoms. The molecule has 0 fully saturated rings. The number of ether oxygens (including phenoxy) is 1. The topological polar surface area (TPSA) is 109 Å². The molecule has 2 atom stereocenters. The van der Waals surface area contributed by atoms with Gasteiger partial charge in [0.1, 0.15) is 17.9 Å². The van der Waals surface area contributed by atoms with Crippen LogP contribution in [-0.4, -0.2) is 46.8 Å². The first kappa shape index (κ1) is 15.1. The molecule has 1 rings (SSSR count). The maximum absolute atomic E-state index is 11.3. The minimum atomic E-state index is -1.31. The van der Waals surface area contributed by atoms with Crippen LogP contribution in [0.25, 0.3) is 0 Å². The van der Waals surface area contributed by atoms with Gasteiger partial charge in [0.2, 0.25) is 5.91 Å². The minimum absolute atomic E-state index is 0.0331. The molecule has 0 aliphatic carbocycles. The minimum Gasteiger partial charge on any atom is -0.464 e. The van der Waals surface area contributed by atoms with Gasteiger partial charge in [-0.25, -0.2) is 9.78 Å². The van der Waals surface area contributed by atoms with Crippen LogP contribution in [0.4, 0.5) is 0 Å². The summed E-state index contributed by atoms with van der Waals surface area (Å²) in [4.78, 5) is 25.9. The third kappa shape index (κ3) is 4.31. The van der Waals surface area contributed by atoms with Crippen molar-refractivity contribution in [1.82, 2.24) is 10.3 Å². The highest BCUT2D eigenvalue weighted by Gasteiger charge is 2.21. The monoisotopic (exact) mass is 268 g/mol. The van der Waals surface area contributed by atoms with Gasteiger partial charge in [-0.3, -0.25) is 4.79 Å². The molecular formula is C12H16N2O5. The Morgan fingerprint density at radius 3 is 2.68 bits per heavy atom. The molecule has 7 nitrogen and oxygen atoms in total. The van der Waals surface area contributed by atoms with E-state index in [1.807, 2.05) is 0 Å². The van der Waals surface area contributed by atoms with Crippen LogP contribution in [0.3, 0.4) is 0 Å². The summed E-state index contributed by atoms with van der Waals surface area (Å²) in [5, 5.41) is 21.9. The smallest absolute Gasteiger partial charge is 0.356 e. The van der Waals surface area contributed by atoms with Crippen LogP contribution in [0.5, 0.6) is 0 Å². The Morgan fingerprint density at radius 1 is 1.42 bits per heavy atom. The number of esters is 1. The van der Waals surface area contributed by atoms with Gasteiger partial charge in [0.05, 0.1) is 12.8 Å². The Labute approximate surface area is 110 Å². The van der Waals surface area contributed by atoms with E-state index >= 15 is 0 Å². The number of carbonyl (C=O) groups excluding carboxylic acids is 2. The number of methoxy groups -OCH3 is 1. The third-order valence-electron chi connectivity index (χ3n) is 2.39. The average Bonchev–Trinajstić information content (AvgIpc) is 2.43. The predicted octanol–water partition coefficient (Wildman–Crippen LogP) is -0.601. The summed E-state index contributed by atoms with van der Waals surface area (Å²) in [6.07, 6.45) is -2.53. The standard InChI is InChI=1S/C12H16N2O5/c1-7(15)13-6-10(16)11(17)8-4-3-5-9(14-8)12(18)19-2/h3-5,10-11,16-17H,6H2,1-2H3,(H,13,15). The van der Waals surface area contributed by atoms with Gasteiger partial charge in [-0.1, -0.05) is 6.07 Å². The van der Waals surface area contributed by atoms with E-state index in [0.717, 1.165) is 0 Å². The van der Waals surface area contributed by atoms with Crippen LogP contribution in [0.15, 0.2) is 18.2 Å². The van der Waals surface area contributed by atoms with Crippen molar-refractivity contribution in [3.05, 3.63) is 29.6 Å². The van der Waals surface area contributed by atoms with Crippen molar-refractivity contribution in [3.8, 4) is 0 Å². The number of hydrogen-bond acceptors (Lipinski definition) is 6. The van der Waals surface area contributed by atoms with E-state index in [9.17, 15) is 19.8 Å². The summed E-state index contributed by atoms with van der Waals surface area (Å²) in [5.74, 6) is -0.951. The number of aliphatic hydroxyl groups excluding tert-OH is 2. The van der Waals surface area contributed by atoms with E-state index in [4.69, 9.17) is 0 Å². The zero-order valence-corrected chi connectivity index (χ0v) is 10.7. The van der Waals surface area contributed by atoms with E-state index < -0.39 is 18.2 Å². The molecule has 0 saturated heterocycles. The highest BCUT2D eigenvalue weighted by atomic mass is 16.5. The fourth-order valence-corrected chi connectivity index (χ4v) is 1.39. The predicted molar refractivity (Wildman–Crippen MR) is 65.2 cm³/mol. The van der Waals surface area contributed by atoms with Gasteiger partial charge < -0.3 is 20.3 Å². The molecule has 1 aromatic rings. The van der Waals surface area contributed by atoms with Crippen LogP contribution in [0, 0.1) is 0 Å². The maximum atomic E-state index is 11.3. The highest BCUT2D eigenvalue weighted by molar-refractivity contribution is 5.87. The van der Waals surface area contributed by atoms with Gasteiger partial charge in [0.15, 0.2) is 0 Å². The first-order valence-corrected chi connectivity index (χ1v) is 5.61. The van der Waals surface area contributed by atoms with Gasteiger partial charge in [-0.15, -0.1) is 0 Å². The summed E-state index contributed by atoms with van der Waals surface area (Å²) in [7, 11) is 1.22. The Balaban J connectivity index is 2.78. The fraction of sp³-hybridized carbons (Fsp3) is 0.417. The van der Waals surface area contributed by atoms with E-state index in [0.29, 0.717) is 0 Å². The van der Waals surface area contributed by atoms with Crippen molar-refractivity contribution < 1.29 is 24.5 Å². The lowest BCUT2D eigenvalue weighted by atomic mass is 10.1. The number of hydrogen-bond donors (Lipinski definition) is 3. The lowest BCUT2D eigenvalue weighted by Gasteiger charge is -2.17. The van der Waals surface area contributed by atoms with Gasteiger partial charge in [0, 0.05) is 13.5 Å². The molecule has 0 aliphatic rings. The molecule has 1 aromatic heterocycles. The van der Waals surface area contributed by atoms with Crippen molar-refractivity contribution >= 4 is 11.9 Å². The molecule has 2 unspecified atom stereocenters. The van der Waals surface area contributed by atoms with Crippen LogP contribution in [0.1, 0.15) is 29.2 Å². The Kier molecular flexibility index (Phi) is 5.40. The number of aliphatic hydroxyl groups is 2.